The molecule has 0 spiro atoms. The monoisotopic (exact) mass is 269 g/mol. The quantitative estimate of drug-likeness (QED) is 0.188. The number of rotatable bonds is 9. The Bertz CT molecular complexity index is 265. The van der Waals surface area contributed by atoms with E-state index in [1.807, 2.05) is 5.43 Å². The molecule has 0 unspecified atom stereocenters. The Morgan fingerprint density at radius 2 is 1.81 bits per heavy atom. The highest BCUT2D eigenvalue weighted by Crippen LogP contribution is 2.22. The van der Waals surface area contributed by atoms with E-state index < -0.39 is 24.0 Å². The third-order valence-electron chi connectivity index (χ3n) is 1.39. The molecule has 92 valence electrons. The number of hydrogen-bond acceptors (Lipinski definition) is 7. The van der Waals surface area contributed by atoms with E-state index in [1.165, 1.54) is 0 Å². The van der Waals surface area contributed by atoms with Gasteiger partial charge in [-0.1, -0.05) is 21.6 Å². The van der Waals surface area contributed by atoms with Crippen LogP contribution in [-0.4, -0.2) is 45.7 Å². The van der Waals surface area contributed by atoms with Crippen molar-refractivity contribution < 1.29 is 19.8 Å². The fraction of sp³-hybridized carbons (Fsp3) is 0.667. The van der Waals surface area contributed by atoms with E-state index in [1.54, 1.807) is 0 Å². The summed E-state index contributed by atoms with van der Waals surface area (Å²) in [6.07, 6.45) is 0. The molecule has 10 heteroatoms. The van der Waals surface area contributed by atoms with Crippen LogP contribution in [0.1, 0.15) is 0 Å². The molecule has 0 radical (unpaired) electrons. The molecule has 0 aromatic carbocycles. The first-order valence-electron chi connectivity index (χ1n) is 4.02. The van der Waals surface area contributed by atoms with Gasteiger partial charge in [0.1, 0.15) is 6.04 Å². The molecule has 0 aliphatic rings. The van der Waals surface area contributed by atoms with E-state index >= 15 is 0 Å². The molecular weight excluding hydrogens is 258 g/mol. The molecule has 8 nitrogen and oxygen atoms in total. The summed E-state index contributed by atoms with van der Waals surface area (Å²) < 4.78 is 0. The second-order valence-electron chi connectivity index (χ2n) is 2.62. The van der Waals surface area contributed by atoms with Gasteiger partial charge in [-0.25, -0.2) is 4.79 Å². The molecule has 0 aliphatic heterocycles. The van der Waals surface area contributed by atoms with Gasteiger partial charge in [-0.15, -0.1) is 4.91 Å². The maximum atomic E-state index is 10.5. The molecular formula is C6H11N3O5S2. The number of aliphatic carboxylic acids is 2. The second kappa shape index (κ2) is 8.19. The Morgan fingerprint density at radius 1 is 1.25 bits per heavy atom. The van der Waals surface area contributed by atoms with Crippen molar-refractivity contribution in [3.8, 4) is 0 Å². The first kappa shape index (κ1) is 15.0. The summed E-state index contributed by atoms with van der Waals surface area (Å²) in [4.78, 5) is 30.7. The zero-order valence-corrected chi connectivity index (χ0v) is 9.66. The van der Waals surface area contributed by atoms with Gasteiger partial charge in [0, 0.05) is 11.5 Å². The summed E-state index contributed by atoms with van der Waals surface area (Å²) in [6, 6.07) is -2.08. The van der Waals surface area contributed by atoms with E-state index in [-0.39, 0.29) is 11.5 Å². The van der Waals surface area contributed by atoms with Gasteiger partial charge in [-0.3, -0.25) is 10.2 Å². The lowest BCUT2D eigenvalue weighted by atomic mass is 10.4. The summed E-state index contributed by atoms with van der Waals surface area (Å²) in [5, 5.41) is 19.3. The minimum atomic E-state index is -1.20. The van der Waals surface area contributed by atoms with Crippen molar-refractivity contribution in [3.63, 3.8) is 0 Å². The molecule has 0 aromatic rings. The topological polar surface area (TPSA) is 142 Å². The first-order valence-corrected chi connectivity index (χ1v) is 6.51. The first-order chi connectivity index (χ1) is 7.49. The number of nitroso groups, excluding NO2 is 1. The smallest absolute Gasteiger partial charge is 0.328 e. The van der Waals surface area contributed by atoms with Crippen LogP contribution in [0.2, 0.25) is 0 Å². The molecule has 16 heavy (non-hydrogen) atoms. The third-order valence-corrected chi connectivity index (χ3v) is 3.84. The molecule has 0 aliphatic carbocycles. The van der Waals surface area contributed by atoms with Gasteiger partial charge in [-0.2, -0.15) is 0 Å². The van der Waals surface area contributed by atoms with Crippen molar-refractivity contribution in [1.82, 2.24) is 5.43 Å². The van der Waals surface area contributed by atoms with Crippen LogP contribution in [0.15, 0.2) is 5.29 Å². The van der Waals surface area contributed by atoms with Crippen LogP contribution in [0.25, 0.3) is 0 Å². The van der Waals surface area contributed by atoms with Gasteiger partial charge in [0.2, 0.25) is 0 Å². The highest BCUT2D eigenvalue weighted by atomic mass is 33.1. The number of nitrogens with zero attached hydrogens (tertiary/aromatic N) is 1. The molecule has 0 rings (SSSR count). The Hall–Kier alpha value is -1.00. The number of carboxylic acids is 2. The lowest BCUT2D eigenvalue weighted by molar-refractivity contribution is -0.139. The van der Waals surface area contributed by atoms with E-state index in [0.29, 0.717) is 0 Å². The fourth-order valence-corrected chi connectivity index (χ4v) is 2.80. The average molecular weight is 269 g/mol. The van der Waals surface area contributed by atoms with Gasteiger partial charge in [0.05, 0.1) is 5.29 Å². The number of carboxylic acid groups (broad SMARTS) is 2. The summed E-state index contributed by atoms with van der Waals surface area (Å²) in [6.45, 7) is 0. The SMILES string of the molecule is N[C@@H](CSSC[C@H](NN=O)C(=O)O)C(=O)O. The Balaban J connectivity index is 3.74. The zero-order chi connectivity index (χ0) is 12.6. The van der Waals surface area contributed by atoms with Crippen LogP contribution in [-0.2, 0) is 9.59 Å². The zero-order valence-electron chi connectivity index (χ0n) is 8.03. The maximum Gasteiger partial charge on any atom is 0.328 e. The largest absolute Gasteiger partial charge is 0.480 e. The molecule has 0 amide bonds. The van der Waals surface area contributed by atoms with Crippen molar-refractivity contribution in [2.45, 2.75) is 12.1 Å². The van der Waals surface area contributed by atoms with Gasteiger partial charge in [-0.05, 0) is 0 Å². The second-order valence-corrected chi connectivity index (χ2v) is 5.18. The van der Waals surface area contributed by atoms with E-state index in [0.717, 1.165) is 21.6 Å². The molecule has 2 atom stereocenters. The van der Waals surface area contributed by atoms with Crippen LogP contribution in [0.4, 0.5) is 0 Å². The molecule has 5 N–H and O–H groups in total. The molecule has 0 heterocycles. The molecule has 0 saturated heterocycles. The number of nitrogens with two attached hydrogens (primary N) is 1. The van der Waals surface area contributed by atoms with Crippen LogP contribution in [0.5, 0.6) is 0 Å². The molecule has 0 fully saturated rings. The van der Waals surface area contributed by atoms with Gasteiger partial charge < -0.3 is 15.9 Å². The van der Waals surface area contributed by atoms with Crippen molar-refractivity contribution >= 4 is 33.5 Å². The van der Waals surface area contributed by atoms with Crippen LogP contribution in [0.3, 0.4) is 0 Å². The summed E-state index contributed by atoms with van der Waals surface area (Å²) in [7, 11) is 2.23. The normalized spacial score (nSPS) is 13.8. The average Bonchev–Trinajstić information content (AvgIpc) is 2.21. The van der Waals surface area contributed by atoms with Gasteiger partial charge >= 0.3 is 11.9 Å². The standard InChI is InChI=1S/C6H11N3O5S2/c7-3(5(10)11)1-15-16-2-4(6(12)13)8-9-14/h3-4H,1-2,7H2,(H,8,14)(H,10,11)(H,12,13)/t3-,4-/m0/s1. The Kier molecular flexibility index (Phi) is 7.68. The summed E-state index contributed by atoms with van der Waals surface area (Å²) in [5.74, 6) is -2.08. The van der Waals surface area contributed by atoms with Crippen molar-refractivity contribution in [3.05, 3.63) is 4.91 Å². The number of hydrogen-bond donors (Lipinski definition) is 4. The lowest BCUT2D eigenvalue weighted by Crippen LogP contribution is -2.35. The highest BCUT2D eigenvalue weighted by Gasteiger charge is 2.18. The van der Waals surface area contributed by atoms with Crippen LogP contribution < -0.4 is 11.2 Å². The Labute approximate surface area is 98.7 Å². The summed E-state index contributed by atoms with van der Waals surface area (Å²) in [5.41, 5.74) is 7.10. The Morgan fingerprint density at radius 3 is 2.25 bits per heavy atom. The predicted molar refractivity (Wildman–Crippen MR) is 60.9 cm³/mol. The van der Waals surface area contributed by atoms with E-state index in [4.69, 9.17) is 15.9 Å². The predicted octanol–water partition coefficient (Wildman–Crippen LogP) is -0.496. The van der Waals surface area contributed by atoms with Crippen molar-refractivity contribution in [2.24, 2.45) is 11.0 Å². The van der Waals surface area contributed by atoms with E-state index in [2.05, 4.69) is 5.29 Å². The highest BCUT2D eigenvalue weighted by molar-refractivity contribution is 8.76. The van der Waals surface area contributed by atoms with Crippen molar-refractivity contribution in [2.75, 3.05) is 11.5 Å². The molecule has 0 aromatic heterocycles. The maximum absolute atomic E-state index is 10.5. The van der Waals surface area contributed by atoms with Gasteiger partial charge in [0.15, 0.2) is 6.04 Å². The fourth-order valence-electron chi connectivity index (χ4n) is 0.536. The van der Waals surface area contributed by atoms with Crippen LogP contribution >= 0.6 is 21.6 Å². The lowest BCUT2D eigenvalue weighted by Gasteiger charge is -2.09. The minimum Gasteiger partial charge on any atom is -0.480 e. The van der Waals surface area contributed by atoms with Crippen molar-refractivity contribution in [1.29, 1.82) is 0 Å². The summed E-state index contributed by atoms with van der Waals surface area (Å²) >= 11 is 0. The molecule has 0 saturated carbocycles. The third kappa shape index (κ3) is 6.48. The van der Waals surface area contributed by atoms with E-state index in [9.17, 15) is 14.5 Å². The number of nitrogens with one attached hydrogen (secondary N) is 1. The minimum absolute atomic E-state index is 0.0814. The molecule has 0 bridgehead atoms. The van der Waals surface area contributed by atoms with Crippen LogP contribution in [0, 0.1) is 4.91 Å². The van der Waals surface area contributed by atoms with Gasteiger partial charge in [0.25, 0.3) is 0 Å². The number of carbonyl (C=O) groups is 2.